The van der Waals surface area contributed by atoms with Crippen molar-refractivity contribution >= 4 is 24.1 Å². The van der Waals surface area contributed by atoms with Gasteiger partial charge in [-0.25, -0.2) is 14.4 Å². The van der Waals surface area contributed by atoms with Gasteiger partial charge in [0.1, 0.15) is 24.9 Å². The first-order valence-electron chi connectivity index (χ1n) is 14.3. The van der Waals surface area contributed by atoms with Crippen molar-refractivity contribution in [2.45, 2.75) is 51.0 Å². The molecule has 3 aromatic carbocycles. The fraction of sp³-hybridized carbons (Fsp3) is 0.333. The number of aliphatic hydroxyl groups is 1. The predicted molar refractivity (Wildman–Crippen MR) is 161 cm³/mol. The molecule has 3 amide bonds. The van der Waals surface area contributed by atoms with Crippen LogP contribution in [0.2, 0.25) is 0 Å². The number of alkyl carbamates (subject to hydrolysis) is 2. The van der Waals surface area contributed by atoms with Crippen LogP contribution in [0.1, 0.15) is 43.4 Å². The molecule has 0 fully saturated rings. The van der Waals surface area contributed by atoms with E-state index in [0.29, 0.717) is 0 Å². The number of carbonyl (C=O) groups excluding carboxylic acids is 4. The molecule has 4 rings (SSSR count). The second-order valence-corrected chi connectivity index (χ2v) is 11.2. The van der Waals surface area contributed by atoms with Crippen LogP contribution in [0.5, 0.6) is 0 Å². The Bertz CT molecular complexity index is 1430. The second kappa shape index (κ2) is 14.5. The van der Waals surface area contributed by atoms with Gasteiger partial charge in [0.2, 0.25) is 5.91 Å². The molecule has 0 saturated carbocycles. The molecule has 2 atom stereocenters. The van der Waals surface area contributed by atoms with Crippen molar-refractivity contribution in [2.24, 2.45) is 0 Å². The van der Waals surface area contributed by atoms with Crippen LogP contribution in [0, 0.1) is 0 Å². The molecule has 0 saturated heterocycles. The van der Waals surface area contributed by atoms with Crippen molar-refractivity contribution in [1.29, 1.82) is 0 Å². The number of aliphatic hydroxyl groups excluding tert-OH is 1. The van der Waals surface area contributed by atoms with Gasteiger partial charge >= 0.3 is 18.2 Å². The third-order valence-electron chi connectivity index (χ3n) is 6.81. The fourth-order valence-electron chi connectivity index (χ4n) is 4.77. The van der Waals surface area contributed by atoms with E-state index in [1.807, 2.05) is 54.6 Å². The van der Waals surface area contributed by atoms with Crippen molar-refractivity contribution in [3.05, 3.63) is 95.6 Å². The summed E-state index contributed by atoms with van der Waals surface area (Å²) in [5.74, 6) is -1.89. The highest BCUT2D eigenvalue weighted by Gasteiger charge is 2.31. The first kappa shape index (κ1) is 32.0. The molecule has 0 unspecified atom stereocenters. The van der Waals surface area contributed by atoms with E-state index in [1.165, 1.54) is 0 Å². The van der Waals surface area contributed by atoms with Gasteiger partial charge in [-0.1, -0.05) is 78.9 Å². The van der Waals surface area contributed by atoms with Gasteiger partial charge in [-0.3, -0.25) is 4.79 Å². The zero-order valence-electron chi connectivity index (χ0n) is 24.9. The SMILES string of the molecule is CC(C)(C)OC(=O)N[C@@H](CNC(=O)OCC1c2ccccc2-c2ccccc21)C(=O)N[C@@H](CO)C(=O)OCc1ccccc1. The van der Waals surface area contributed by atoms with Gasteiger partial charge < -0.3 is 35.3 Å². The first-order valence-corrected chi connectivity index (χ1v) is 14.3. The number of ether oxygens (including phenoxy) is 3. The highest BCUT2D eigenvalue weighted by Crippen LogP contribution is 2.44. The zero-order valence-corrected chi connectivity index (χ0v) is 24.9. The topological polar surface area (TPSA) is 152 Å². The maximum Gasteiger partial charge on any atom is 0.408 e. The summed E-state index contributed by atoms with van der Waals surface area (Å²) in [4.78, 5) is 51.0. The van der Waals surface area contributed by atoms with E-state index in [-0.39, 0.29) is 25.7 Å². The molecule has 3 aromatic rings. The molecule has 1 aliphatic carbocycles. The molecule has 0 bridgehead atoms. The summed E-state index contributed by atoms with van der Waals surface area (Å²) in [6.45, 7) is 3.81. The van der Waals surface area contributed by atoms with Gasteiger partial charge in [-0.05, 0) is 48.6 Å². The van der Waals surface area contributed by atoms with E-state index in [4.69, 9.17) is 14.2 Å². The number of benzene rings is 3. The number of nitrogens with one attached hydrogen (secondary N) is 3. The summed E-state index contributed by atoms with van der Waals surface area (Å²) >= 11 is 0. The summed E-state index contributed by atoms with van der Waals surface area (Å²) in [6.07, 6.45) is -1.73. The largest absolute Gasteiger partial charge is 0.459 e. The molecule has 1 aliphatic rings. The van der Waals surface area contributed by atoms with Crippen molar-refractivity contribution < 1.29 is 38.5 Å². The second-order valence-electron chi connectivity index (χ2n) is 11.2. The van der Waals surface area contributed by atoms with Gasteiger partial charge in [0, 0.05) is 5.92 Å². The Balaban J connectivity index is 1.37. The number of amides is 3. The van der Waals surface area contributed by atoms with Crippen LogP contribution < -0.4 is 16.0 Å². The summed E-state index contributed by atoms with van der Waals surface area (Å²) in [5, 5.41) is 17.0. The minimum atomic E-state index is -1.41. The Morgan fingerprint density at radius 2 is 1.36 bits per heavy atom. The van der Waals surface area contributed by atoms with Crippen molar-refractivity contribution in [1.82, 2.24) is 16.0 Å². The van der Waals surface area contributed by atoms with E-state index >= 15 is 0 Å². The average molecular weight is 604 g/mol. The Morgan fingerprint density at radius 1 is 0.773 bits per heavy atom. The highest BCUT2D eigenvalue weighted by molar-refractivity contribution is 5.90. The monoisotopic (exact) mass is 603 g/mol. The lowest BCUT2D eigenvalue weighted by Crippen LogP contribution is -2.57. The maximum atomic E-state index is 13.2. The molecular weight excluding hydrogens is 566 g/mol. The van der Waals surface area contributed by atoms with Crippen LogP contribution in [-0.4, -0.2) is 66.6 Å². The van der Waals surface area contributed by atoms with Crippen molar-refractivity contribution in [3.8, 4) is 11.1 Å². The Labute approximate surface area is 255 Å². The van der Waals surface area contributed by atoms with Gasteiger partial charge in [0.25, 0.3) is 0 Å². The fourth-order valence-corrected chi connectivity index (χ4v) is 4.77. The number of hydrogen-bond acceptors (Lipinski definition) is 8. The van der Waals surface area contributed by atoms with Crippen LogP contribution in [0.25, 0.3) is 11.1 Å². The zero-order chi connectivity index (χ0) is 31.7. The number of hydrogen-bond donors (Lipinski definition) is 4. The third-order valence-corrected chi connectivity index (χ3v) is 6.81. The molecule has 11 nitrogen and oxygen atoms in total. The molecule has 0 aromatic heterocycles. The molecule has 232 valence electrons. The van der Waals surface area contributed by atoms with E-state index in [2.05, 4.69) is 16.0 Å². The van der Waals surface area contributed by atoms with E-state index in [0.717, 1.165) is 27.8 Å². The third kappa shape index (κ3) is 8.57. The van der Waals surface area contributed by atoms with Crippen LogP contribution in [0.4, 0.5) is 9.59 Å². The quantitative estimate of drug-likeness (QED) is 0.192. The van der Waals surface area contributed by atoms with Crippen LogP contribution in [0.3, 0.4) is 0 Å². The minimum Gasteiger partial charge on any atom is -0.459 e. The number of fused-ring (bicyclic) bond motifs is 3. The van der Waals surface area contributed by atoms with E-state index in [1.54, 1.807) is 45.0 Å². The molecule has 11 heteroatoms. The lowest BCUT2D eigenvalue weighted by Gasteiger charge is -2.24. The van der Waals surface area contributed by atoms with Crippen molar-refractivity contribution in [3.63, 3.8) is 0 Å². The smallest absolute Gasteiger partial charge is 0.408 e. The molecule has 4 N–H and O–H groups in total. The summed E-state index contributed by atoms with van der Waals surface area (Å²) in [5.41, 5.74) is 4.10. The van der Waals surface area contributed by atoms with Gasteiger partial charge in [0.15, 0.2) is 6.04 Å². The number of rotatable bonds is 11. The van der Waals surface area contributed by atoms with Crippen LogP contribution in [0.15, 0.2) is 78.9 Å². The number of carbonyl (C=O) groups is 4. The standard InChI is InChI=1S/C33H37N3O8/c1-33(2,3)44-32(41)36-27(29(38)35-28(18-37)30(39)42-19-21-11-5-4-6-12-21)17-34-31(40)43-20-26-24-15-9-7-13-22(24)23-14-8-10-16-25(23)26/h4-16,26-28,37H,17-20H2,1-3H3,(H,34,40)(H,35,38)(H,36,41)/t27-,28-/m0/s1. The van der Waals surface area contributed by atoms with Gasteiger partial charge in [-0.15, -0.1) is 0 Å². The average Bonchev–Trinajstić information content (AvgIpc) is 3.32. The molecule has 0 spiro atoms. The number of esters is 1. The van der Waals surface area contributed by atoms with Gasteiger partial charge in [0.05, 0.1) is 13.2 Å². The Kier molecular flexibility index (Phi) is 10.6. The maximum absolute atomic E-state index is 13.2. The molecule has 0 heterocycles. The first-order chi connectivity index (χ1) is 21.1. The van der Waals surface area contributed by atoms with Crippen LogP contribution >= 0.6 is 0 Å². The van der Waals surface area contributed by atoms with Gasteiger partial charge in [-0.2, -0.15) is 0 Å². The Hall–Kier alpha value is -4.90. The summed E-state index contributed by atoms with van der Waals surface area (Å²) in [6, 6.07) is 21.9. The van der Waals surface area contributed by atoms with Crippen LogP contribution in [-0.2, 0) is 30.4 Å². The minimum absolute atomic E-state index is 0.0516. The molecular formula is C33H37N3O8. The van der Waals surface area contributed by atoms with Crippen molar-refractivity contribution in [2.75, 3.05) is 19.8 Å². The normalized spacial score (nSPS) is 13.5. The highest BCUT2D eigenvalue weighted by atomic mass is 16.6. The Morgan fingerprint density at radius 3 is 1.95 bits per heavy atom. The summed E-state index contributed by atoms with van der Waals surface area (Å²) in [7, 11) is 0. The van der Waals surface area contributed by atoms with E-state index in [9.17, 15) is 24.3 Å². The predicted octanol–water partition coefficient (Wildman–Crippen LogP) is 3.64. The molecule has 0 aliphatic heterocycles. The lowest BCUT2D eigenvalue weighted by atomic mass is 9.98. The van der Waals surface area contributed by atoms with E-state index < -0.39 is 48.4 Å². The molecule has 44 heavy (non-hydrogen) atoms. The molecule has 0 radical (unpaired) electrons. The summed E-state index contributed by atoms with van der Waals surface area (Å²) < 4.78 is 16.0. The lowest BCUT2D eigenvalue weighted by molar-refractivity contribution is -0.150.